The number of aryl methyl sites for hydroxylation is 1. The first-order valence-corrected chi connectivity index (χ1v) is 11.1. The molecule has 7 nitrogen and oxygen atoms in total. The van der Waals surface area contributed by atoms with Crippen LogP contribution in [0.2, 0.25) is 0 Å². The minimum atomic E-state index is -0.947. The Hall–Kier alpha value is -3.19. The molecule has 1 unspecified atom stereocenters. The molecule has 4 rings (SSSR count). The van der Waals surface area contributed by atoms with Crippen LogP contribution in [0.3, 0.4) is 0 Å². The molecule has 32 heavy (non-hydrogen) atoms. The van der Waals surface area contributed by atoms with Crippen molar-refractivity contribution >= 4 is 22.6 Å². The Kier molecular flexibility index (Phi) is 6.28. The summed E-state index contributed by atoms with van der Waals surface area (Å²) in [5.74, 6) is 1.47. The molecule has 168 valence electrons. The summed E-state index contributed by atoms with van der Waals surface area (Å²) in [7, 11) is 0. The molecule has 1 atom stereocenters. The van der Waals surface area contributed by atoms with Crippen LogP contribution in [-0.4, -0.2) is 63.3 Å². The second-order valence-corrected chi connectivity index (χ2v) is 8.87. The molecule has 2 N–H and O–H groups in total. The smallest absolute Gasteiger partial charge is 0.251 e. The number of aliphatic hydroxyl groups excluding tert-OH is 1. The zero-order valence-corrected chi connectivity index (χ0v) is 18.8. The Morgan fingerprint density at radius 2 is 1.78 bits per heavy atom. The van der Waals surface area contributed by atoms with Crippen molar-refractivity contribution in [3.05, 3.63) is 48.0 Å². The highest BCUT2D eigenvalue weighted by molar-refractivity contribution is 5.92. The second kappa shape index (κ2) is 9.12. The number of fused-ring (bicyclic) bond motifs is 1. The summed E-state index contributed by atoms with van der Waals surface area (Å²) in [5.41, 5.74) is 2.50. The number of para-hydroxylation sites is 1. The van der Waals surface area contributed by atoms with Gasteiger partial charge >= 0.3 is 0 Å². The van der Waals surface area contributed by atoms with Gasteiger partial charge in [0.1, 0.15) is 17.7 Å². The molecule has 0 spiro atoms. The van der Waals surface area contributed by atoms with Gasteiger partial charge in [0, 0.05) is 31.6 Å². The highest BCUT2D eigenvalue weighted by atomic mass is 16.3. The topological polar surface area (TPSA) is 89.8 Å². The number of phenolic OH excluding ortho intramolecular Hbond substituents is 1. The summed E-state index contributed by atoms with van der Waals surface area (Å²) in [6, 6.07) is 13.1. The fraction of sp³-hybridized carbons (Fsp3) is 0.400. The first-order chi connectivity index (χ1) is 15.3. The van der Waals surface area contributed by atoms with Crippen LogP contribution in [0.25, 0.3) is 22.3 Å². The van der Waals surface area contributed by atoms with Crippen molar-refractivity contribution in [3.63, 3.8) is 0 Å². The molecular formula is C25H30N4O3. The highest BCUT2D eigenvalue weighted by Crippen LogP contribution is 2.32. The highest BCUT2D eigenvalue weighted by Gasteiger charge is 2.28. The van der Waals surface area contributed by atoms with Gasteiger partial charge in [-0.3, -0.25) is 4.79 Å². The lowest BCUT2D eigenvalue weighted by atomic mass is 10.0. The van der Waals surface area contributed by atoms with Crippen molar-refractivity contribution in [2.45, 2.75) is 33.3 Å². The van der Waals surface area contributed by atoms with Crippen LogP contribution in [0.1, 0.15) is 25.8 Å². The number of rotatable bonds is 5. The van der Waals surface area contributed by atoms with Gasteiger partial charge in [0.05, 0.1) is 11.1 Å². The van der Waals surface area contributed by atoms with Crippen molar-refractivity contribution in [2.24, 2.45) is 5.92 Å². The van der Waals surface area contributed by atoms with E-state index in [1.165, 1.54) is 0 Å². The Morgan fingerprint density at radius 1 is 1.06 bits per heavy atom. The van der Waals surface area contributed by atoms with Gasteiger partial charge in [-0.1, -0.05) is 32.0 Å². The number of hydrogen-bond donors (Lipinski definition) is 2. The van der Waals surface area contributed by atoms with Crippen LogP contribution >= 0.6 is 0 Å². The molecule has 1 aromatic heterocycles. The number of aliphatic hydroxyl groups is 1. The molecular weight excluding hydrogens is 404 g/mol. The van der Waals surface area contributed by atoms with E-state index in [2.05, 4.69) is 4.90 Å². The van der Waals surface area contributed by atoms with E-state index in [9.17, 15) is 15.0 Å². The van der Waals surface area contributed by atoms with Gasteiger partial charge in [-0.25, -0.2) is 9.97 Å². The van der Waals surface area contributed by atoms with Gasteiger partial charge < -0.3 is 20.0 Å². The molecule has 1 aliphatic heterocycles. The number of carbonyl (C=O) groups excluding carboxylic acids is 1. The third-order valence-electron chi connectivity index (χ3n) is 5.85. The molecule has 1 amide bonds. The van der Waals surface area contributed by atoms with E-state index in [0.717, 1.165) is 22.3 Å². The molecule has 0 aliphatic carbocycles. The molecule has 1 fully saturated rings. The predicted molar refractivity (Wildman–Crippen MR) is 126 cm³/mol. The lowest BCUT2D eigenvalue weighted by molar-refractivity contribution is -0.141. The maximum Gasteiger partial charge on any atom is 0.251 e. The molecule has 3 aromatic rings. The Balaban J connectivity index is 1.63. The quantitative estimate of drug-likeness (QED) is 0.640. The number of nitrogens with zero attached hydrogens (tertiary/aromatic N) is 4. The summed E-state index contributed by atoms with van der Waals surface area (Å²) in [4.78, 5) is 26.1. The van der Waals surface area contributed by atoms with Crippen LogP contribution in [0.4, 0.5) is 5.82 Å². The Bertz CT molecular complexity index is 1120. The third-order valence-corrected chi connectivity index (χ3v) is 5.85. The van der Waals surface area contributed by atoms with E-state index in [-0.39, 0.29) is 17.6 Å². The molecule has 7 heteroatoms. The van der Waals surface area contributed by atoms with Crippen LogP contribution in [0.5, 0.6) is 5.75 Å². The lowest BCUT2D eigenvalue weighted by Gasteiger charge is -2.37. The van der Waals surface area contributed by atoms with E-state index < -0.39 is 6.10 Å². The average Bonchev–Trinajstić information content (AvgIpc) is 2.77. The minimum absolute atomic E-state index is 0.139. The summed E-state index contributed by atoms with van der Waals surface area (Å²) in [6.45, 7) is 8.29. The van der Waals surface area contributed by atoms with Gasteiger partial charge in [-0.05, 0) is 49.1 Å². The van der Waals surface area contributed by atoms with E-state index in [4.69, 9.17) is 9.97 Å². The van der Waals surface area contributed by atoms with Crippen molar-refractivity contribution in [1.82, 2.24) is 14.9 Å². The number of piperazine rings is 1. The van der Waals surface area contributed by atoms with Crippen LogP contribution in [0.15, 0.2) is 42.5 Å². The average molecular weight is 435 g/mol. The largest absolute Gasteiger partial charge is 0.507 e. The Morgan fingerprint density at radius 3 is 2.47 bits per heavy atom. The van der Waals surface area contributed by atoms with Gasteiger partial charge in [-0.15, -0.1) is 0 Å². The summed E-state index contributed by atoms with van der Waals surface area (Å²) in [6.07, 6.45) is -0.476. The zero-order chi connectivity index (χ0) is 22.8. The number of carbonyl (C=O) groups is 1. The molecule has 0 radical (unpaired) electrons. The van der Waals surface area contributed by atoms with Gasteiger partial charge in [0.15, 0.2) is 5.82 Å². The number of hydrogen-bond acceptors (Lipinski definition) is 6. The van der Waals surface area contributed by atoms with Gasteiger partial charge in [0.25, 0.3) is 5.91 Å². The van der Waals surface area contributed by atoms with Crippen molar-refractivity contribution in [2.75, 3.05) is 31.1 Å². The fourth-order valence-corrected chi connectivity index (χ4v) is 4.14. The maximum atomic E-state index is 12.6. The van der Waals surface area contributed by atoms with Crippen LogP contribution < -0.4 is 4.90 Å². The lowest BCUT2D eigenvalue weighted by Crippen LogP contribution is -2.52. The summed E-state index contributed by atoms with van der Waals surface area (Å²) >= 11 is 0. The SMILES string of the molecule is Cc1ccc2c(N3CCN(C(=O)C(O)CC(C)C)CC3)nc(-c3ccccc3O)nc2c1. The van der Waals surface area contributed by atoms with Crippen molar-refractivity contribution in [3.8, 4) is 17.1 Å². The maximum absolute atomic E-state index is 12.6. The molecule has 0 saturated carbocycles. The van der Waals surface area contributed by atoms with Crippen molar-refractivity contribution in [1.29, 1.82) is 0 Å². The van der Waals surface area contributed by atoms with E-state index in [1.807, 2.05) is 51.1 Å². The zero-order valence-electron chi connectivity index (χ0n) is 18.8. The van der Waals surface area contributed by atoms with Gasteiger partial charge in [0.2, 0.25) is 0 Å². The molecule has 2 aromatic carbocycles. The normalized spacial score (nSPS) is 15.4. The molecule has 0 bridgehead atoms. The van der Waals surface area contributed by atoms with E-state index >= 15 is 0 Å². The summed E-state index contributed by atoms with van der Waals surface area (Å²) in [5, 5.41) is 21.5. The van der Waals surface area contributed by atoms with Crippen molar-refractivity contribution < 1.29 is 15.0 Å². The number of phenols is 1. The van der Waals surface area contributed by atoms with Gasteiger partial charge in [-0.2, -0.15) is 0 Å². The fourth-order valence-electron chi connectivity index (χ4n) is 4.14. The molecule has 1 aliphatic rings. The number of benzene rings is 2. The molecule has 1 saturated heterocycles. The number of aromatic hydroxyl groups is 1. The summed E-state index contributed by atoms with van der Waals surface area (Å²) < 4.78 is 0. The second-order valence-electron chi connectivity index (χ2n) is 8.87. The van der Waals surface area contributed by atoms with Crippen LogP contribution in [0, 0.1) is 12.8 Å². The number of amides is 1. The third kappa shape index (κ3) is 4.53. The van der Waals surface area contributed by atoms with E-state index in [1.54, 1.807) is 17.0 Å². The number of aromatic nitrogens is 2. The first-order valence-electron chi connectivity index (χ1n) is 11.1. The predicted octanol–water partition coefficient (Wildman–Crippen LogP) is 3.37. The monoisotopic (exact) mass is 434 g/mol. The first kappa shape index (κ1) is 22.0. The number of anilines is 1. The van der Waals surface area contributed by atoms with Crippen LogP contribution in [-0.2, 0) is 4.79 Å². The molecule has 2 heterocycles. The minimum Gasteiger partial charge on any atom is -0.507 e. The standard InChI is InChI=1S/C25H30N4O3/c1-16(2)14-22(31)25(32)29-12-10-28(11-13-29)24-18-9-8-17(3)15-20(18)26-23(27-24)19-6-4-5-7-21(19)30/h4-9,15-16,22,30-31H,10-14H2,1-3H3. The van der Waals surface area contributed by atoms with E-state index in [0.29, 0.717) is 44.0 Å². The Labute approximate surface area is 188 Å².